The third-order valence-corrected chi connectivity index (χ3v) is 7.88. The Morgan fingerprint density at radius 3 is 2.79 bits per heavy atom. The Bertz CT molecular complexity index is 1060. The van der Waals surface area contributed by atoms with E-state index in [1.807, 2.05) is 24.3 Å². The number of hydrogen-bond donors (Lipinski definition) is 1. The second-order valence-corrected chi connectivity index (χ2v) is 10.1. The van der Waals surface area contributed by atoms with Crippen molar-refractivity contribution in [2.24, 2.45) is 11.8 Å². The van der Waals surface area contributed by atoms with E-state index >= 15 is 0 Å². The van der Waals surface area contributed by atoms with Crippen LogP contribution in [0.3, 0.4) is 0 Å². The number of nitrogens with zero attached hydrogens (tertiary/aromatic N) is 4. The quantitative estimate of drug-likeness (QED) is 0.592. The molecule has 0 unspecified atom stereocenters. The summed E-state index contributed by atoms with van der Waals surface area (Å²) in [4.78, 5) is 27.5. The summed E-state index contributed by atoms with van der Waals surface area (Å²) in [6, 6.07) is 10.9. The minimum absolute atomic E-state index is 0.000124. The lowest BCUT2D eigenvalue weighted by Gasteiger charge is -2.34. The zero-order valence-corrected chi connectivity index (χ0v) is 19.6. The Morgan fingerprint density at radius 1 is 1.12 bits per heavy atom. The van der Waals surface area contributed by atoms with E-state index in [1.54, 1.807) is 23.6 Å². The number of pyridine rings is 1. The molecule has 8 heteroatoms. The number of nitrogens with one attached hydrogen (secondary N) is 1. The first-order valence-corrected chi connectivity index (χ1v) is 12.7. The average Bonchev–Trinajstić information content (AvgIpc) is 3.29. The molecule has 0 aliphatic carbocycles. The van der Waals surface area contributed by atoms with Crippen molar-refractivity contribution >= 4 is 32.7 Å². The fourth-order valence-electron chi connectivity index (χ4n) is 4.86. The fraction of sp³-hybridized carbons (Fsp3) is 0.480. The van der Waals surface area contributed by atoms with Crippen LogP contribution >= 0.6 is 11.3 Å². The van der Waals surface area contributed by atoms with Crippen molar-refractivity contribution in [1.29, 1.82) is 0 Å². The number of halogens is 1. The lowest BCUT2D eigenvalue weighted by Crippen LogP contribution is -2.45. The van der Waals surface area contributed by atoms with E-state index < -0.39 is 0 Å². The maximum Gasteiger partial charge on any atom is 0.224 e. The topological polar surface area (TPSA) is 61.4 Å². The zero-order valence-electron chi connectivity index (χ0n) is 18.8. The number of aromatic nitrogens is 2. The normalized spacial score (nSPS) is 20.3. The Morgan fingerprint density at radius 2 is 1.97 bits per heavy atom. The van der Waals surface area contributed by atoms with Crippen molar-refractivity contribution in [3.05, 3.63) is 54.0 Å². The van der Waals surface area contributed by atoms with Gasteiger partial charge < -0.3 is 10.2 Å². The largest absolute Gasteiger partial charge is 0.356 e. The molecule has 6 nitrogen and oxygen atoms in total. The van der Waals surface area contributed by atoms with Gasteiger partial charge in [0, 0.05) is 37.9 Å². The molecule has 2 fully saturated rings. The number of piperidine rings is 2. The van der Waals surface area contributed by atoms with E-state index in [2.05, 4.69) is 20.1 Å². The highest BCUT2D eigenvalue weighted by atomic mass is 32.1. The number of carbonyl (C=O) groups is 1. The van der Waals surface area contributed by atoms with Crippen molar-refractivity contribution in [3.63, 3.8) is 0 Å². The Hall–Kier alpha value is -2.58. The maximum atomic E-state index is 13.9. The van der Waals surface area contributed by atoms with Crippen LogP contribution in [-0.2, 0) is 11.3 Å². The molecule has 1 amide bonds. The Labute approximate surface area is 197 Å². The first kappa shape index (κ1) is 22.2. The van der Waals surface area contributed by atoms with Gasteiger partial charge in [0.15, 0.2) is 5.13 Å². The van der Waals surface area contributed by atoms with Crippen LogP contribution in [0.1, 0.15) is 31.2 Å². The number of likely N-dealkylation sites (tertiary alicyclic amines) is 1. The molecule has 4 heterocycles. The van der Waals surface area contributed by atoms with Gasteiger partial charge in [0.2, 0.25) is 5.91 Å². The molecule has 2 aliphatic rings. The maximum absolute atomic E-state index is 13.9. The average molecular weight is 468 g/mol. The fourth-order valence-corrected chi connectivity index (χ4v) is 5.81. The van der Waals surface area contributed by atoms with Crippen LogP contribution in [0.4, 0.5) is 9.52 Å². The van der Waals surface area contributed by atoms with Gasteiger partial charge in [-0.15, -0.1) is 0 Å². The molecule has 2 saturated heterocycles. The second-order valence-electron chi connectivity index (χ2n) is 9.17. The number of amides is 1. The molecule has 0 spiro atoms. The van der Waals surface area contributed by atoms with E-state index in [0.29, 0.717) is 19.0 Å². The second kappa shape index (κ2) is 10.1. The standard InChI is InChI=1S/C25H30FN5OS/c26-21-7-2-1-5-19(21)16-30-13-9-18(10-14-30)15-28-23(32)20-6-4-12-31(17-20)25-29-22-8-3-11-27-24(22)33-25/h1-3,5,7-8,11,18,20H,4,6,9-10,12-17H2,(H,28,32)/t20-/m1/s1. The van der Waals surface area contributed by atoms with Gasteiger partial charge in [-0.1, -0.05) is 29.5 Å². The number of benzene rings is 1. The predicted molar refractivity (Wildman–Crippen MR) is 130 cm³/mol. The summed E-state index contributed by atoms with van der Waals surface area (Å²) >= 11 is 1.60. The zero-order chi connectivity index (χ0) is 22.6. The molecule has 5 rings (SSSR count). The number of fused-ring (bicyclic) bond motifs is 1. The van der Waals surface area contributed by atoms with Crippen molar-refractivity contribution < 1.29 is 9.18 Å². The molecule has 174 valence electrons. The highest BCUT2D eigenvalue weighted by molar-refractivity contribution is 7.21. The van der Waals surface area contributed by atoms with Crippen LogP contribution in [0.5, 0.6) is 0 Å². The molecule has 2 aromatic heterocycles. The lowest BCUT2D eigenvalue weighted by molar-refractivity contribution is -0.125. The number of hydrogen-bond acceptors (Lipinski definition) is 6. The van der Waals surface area contributed by atoms with Crippen molar-refractivity contribution in [3.8, 4) is 0 Å². The summed E-state index contributed by atoms with van der Waals surface area (Å²) in [6.07, 6.45) is 5.78. The van der Waals surface area contributed by atoms with Gasteiger partial charge in [-0.3, -0.25) is 9.69 Å². The minimum Gasteiger partial charge on any atom is -0.356 e. The molecule has 0 bridgehead atoms. The van der Waals surface area contributed by atoms with Crippen molar-refractivity contribution in [1.82, 2.24) is 20.2 Å². The van der Waals surface area contributed by atoms with E-state index in [-0.39, 0.29) is 17.6 Å². The summed E-state index contributed by atoms with van der Waals surface area (Å²) in [7, 11) is 0. The van der Waals surface area contributed by atoms with Crippen molar-refractivity contribution in [2.45, 2.75) is 32.2 Å². The minimum atomic E-state index is -0.129. The van der Waals surface area contributed by atoms with Crippen LogP contribution in [0, 0.1) is 17.7 Å². The first-order valence-electron chi connectivity index (χ1n) is 11.9. The van der Waals surface area contributed by atoms with Crippen LogP contribution in [0.25, 0.3) is 10.3 Å². The first-order chi connectivity index (χ1) is 16.2. The monoisotopic (exact) mass is 467 g/mol. The smallest absolute Gasteiger partial charge is 0.224 e. The van der Waals surface area contributed by atoms with Gasteiger partial charge in [0.1, 0.15) is 16.2 Å². The van der Waals surface area contributed by atoms with Gasteiger partial charge in [0.25, 0.3) is 0 Å². The van der Waals surface area contributed by atoms with E-state index in [4.69, 9.17) is 4.98 Å². The van der Waals surface area contributed by atoms with Gasteiger partial charge in [-0.2, -0.15) is 0 Å². The number of rotatable bonds is 6. The third-order valence-electron chi connectivity index (χ3n) is 6.84. The van der Waals surface area contributed by atoms with Crippen molar-refractivity contribution in [2.75, 3.05) is 37.6 Å². The van der Waals surface area contributed by atoms with E-state index in [0.717, 1.165) is 72.9 Å². The highest BCUT2D eigenvalue weighted by Gasteiger charge is 2.28. The molecule has 1 atom stereocenters. The van der Waals surface area contributed by atoms with Gasteiger partial charge in [0.05, 0.1) is 5.92 Å². The van der Waals surface area contributed by atoms with E-state index in [1.165, 1.54) is 6.07 Å². The summed E-state index contributed by atoms with van der Waals surface area (Å²) < 4.78 is 13.9. The van der Waals surface area contributed by atoms with Gasteiger partial charge >= 0.3 is 0 Å². The molecular weight excluding hydrogens is 437 g/mol. The molecule has 1 aromatic carbocycles. The number of anilines is 1. The van der Waals surface area contributed by atoms with Gasteiger partial charge in [-0.25, -0.2) is 14.4 Å². The van der Waals surface area contributed by atoms with Crippen LogP contribution < -0.4 is 10.2 Å². The lowest BCUT2D eigenvalue weighted by atomic mass is 9.94. The Balaban J connectivity index is 1.08. The summed E-state index contributed by atoms with van der Waals surface area (Å²) in [5, 5.41) is 4.18. The van der Waals surface area contributed by atoms with Crippen LogP contribution in [0.2, 0.25) is 0 Å². The Kier molecular flexibility index (Phi) is 6.83. The van der Waals surface area contributed by atoms with Crippen LogP contribution in [0.15, 0.2) is 42.6 Å². The molecule has 0 radical (unpaired) electrons. The molecule has 0 saturated carbocycles. The number of thiazole rings is 1. The molecule has 2 aliphatic heterocycles. The molecule has 33 heavy (non-hydrogen) atoms. The SMILES string of the molecule is O=C(NCC1CCN(Cc2ccccc2F)CC1)[C@@H]1CCCN(c2nc3cccnc3s2)C1. The summed E-state index contributed by atoms with van der Waals surface area (Å²) in [5.41, 5.74) is 1.68. The molecule has 1 N–H and O–H groups in total. The summed E-state index contributed by atoms with van der Waals surface area (Å²) in [5.74, 6) is 0.518. The third kappa shape index (κ3) is 5.33. The van der Waals surface area contributed by atoms with Gasteiger partial charge in [-0.05, 0) is 62.9 Å². The van der Waals surface area contributed by atoms with E-state index in [9.17, 15) is 9.18 Å². The molecular formula is C25H30FN5OS. The summed E-state index contributed by atoms with van der Waals surface area (Å²) in [6.45, 7) is 4.92. The number of carbonyl (C=O) groups excluding carboxylic acids is 1. The van der Waals surface area contributed by atoms with Crippen LogP contribution in [-0.4, -0.2) is 53.5 Å². The predicted octanol–water partition coefficient (Wildman–Crippen LogP) is 4.08. The highest BCUT2D eigenvalue weighted by Crippen LogP contribution is 2.30. The molecule has 3 aromatic rings.